The lowest BCUT2D eigenvalue weighted by Gasteiger charge is -2.12. The number of amides is 1. The molecular weight excluding hydrogens is 362 g/mol. The Kier molecular flexibility index (Phi) is 8.20. The molecule has 0 bridgehead atoms. The zero-order valence-corrected chi connectivity index (χ0v) is 16.7. The minimum atomic E-state index is -0.0495. The number of hydrogen-bond acceptors (Lipinski definition) is 5. The minimum Gasteiger partial charge on any atom is -0.496 e. The Hall–Kier alpha value is -2.47. The van der Waals surface area contributed by atoms with Gasteiger partial charge in [-0.1, -0.05) is 18.2 Å². The Morgan fingerprint density at radius 1 is 1.07 bits per heavy atom. The van der Waals surface area contributed by atoms with Crippen LogP contribution in [-0.4, -0.2) is 31.2 Å². The molecule has 2 aromatic rings. The normalized spacial score (nSPS) is 10.3. The van der Waals surface area contributed by atoms with Gasteiger partial charge >= 0.3 is 0 Å². The van der Waals surface area contributed by atoms with E-state index in [2.05, 4.69) is 5.32 Å². The summed E-state index contributed by atoms with van der Waals surface area (Å²) in [6.45, 7) is 4.43. The van der Waals surface area contributed by atoms with E-state index in [1.165, 1.54) is 18.7 Å². The van der Waals surface area contributed by atoms with E-state index in [0.29, 0.717) is 30.2 Å². The lowest BCUT2D eigenvalue weighted by atomic mass is 10.1. The molecule has 0 aliphatic heterocycles. The Morgan fingerprint density at radius 2 is 1.85 bits per heavy atom. The summed E-state index contributed by atoms with van der Waals surface area (Å²) in [7, 11) is 1.61. The molecule has 1 amide bonds. The lowest BCUT2D eigenvalue weighted by Crippen LogP contribution is -2.24. The predicted molar refractivity (Wildman–Crippen MR) is 109 cm³/mol. The van der Waals surface area contributed by atoms with Gasteiger partial charge in [-0.05, 0) is 38.1 Å². The highest BCUT2D eigenvalue weighted by molar-refractivity contribution is 7.99. The second-order valence-corrected chi connectivity index (χ2v) is 6.88. The number of carbonyl (C=O) groups excluding carboxylic acids is 2. The number of hydrogen-bond donors (Lipinski definition) is 1. The van der Waals surface area contributed by atoms with Gasteiger partial charge in [-0.2, -0.15) is 0 Å². The van der Waals surface area contributed by atoms with E-state index in [4.69, 9.17) is 9.47 Å². The molecule has 6 heteroatoms. The van der Waals surface area contributed by atoms with Gasteiger partial charge in [-0.3, -0.25) is 9.59 Å². The average molecular weight is 388 g/mol. The van der Waals surface area contributed by atoms with E-state index in [1.54, 1.807) is 13.2 Å². The maximum Gasteiger partial charge on any atom is 0.230 e. The van der Waals surface area contributed by atoms with Crippen molar-refractivity contribution < 1.29 is 19.1 Å². The van der Waals surface area contributed by atoms with E-state index in [-0.39, 0.29) is 11.7 Å². The van der Waals surface area contributed by atoms with Gasteiger partial charge in [0, 0.05) is 29.0 Å². The SMILES string of the molecule is CCOc1ccc(C(C)=O)cc1CSCC(=O)NCc1ccccc1OC. The first-order chi connectivity index (χ1) is 13.0. The van der Waals surface area contributed by atoms with Gasteiger partial charge < -0.3 is 14.8 Å². The summed E-state index contributed by atoms with van der Waals surface area (Å²) in [5.41, 5.74) is 2.51. The molecule has 2 aromatic carbocycles. The van der Waals surface area contributed by atoms with Crippen LogP contribution in [0.2, 0.25) is 0 Å². The fourth-order valence-corrected chi connectivity index (χ4v) is 3.39. The van der Waals surface area contributed by atoms with Crippen molar-refractivity contribution in [3.8, 4) is 11.5 Å². The first-order valence-corrected chi connectivity index (χ1v) is 9.93. The predicted octanol–water partition coefficient (Wildman–Crippen LogP) is 3.85. The number of para-hydroxylation sites is 1. The highest BCUT2D eigenvalue weighted by Crippen LogP contribution is 2.25. The third kappa shape index (κ3) is 6.32. The Labute approximate surface area is 164 Å². The molecular formula is C21H25NO4S. The molecule has 0 atom stereocenters. The van der Waals surface area contributed by atoms with Gasteiger partial charge in [0.15, 0.2) is 5.78 Å². The van der Waals surface area contributed by atoms with Crippen LogP contribution in [-0.2, 0) is 17.1 Å². The molecule has 5 nitrogen and oxygen atoms in total. The number of ether oxygens (including phenoxy) is 2. The molecule has 0 radical (unpaired) electrons. The lowest BCUT2D eigenvalue weighted by molar-refractivity contribution is -0.118. The Bertz CT molecular complexity index is 792. The van der Waals surface area contributed by atoms with Crippen LogP contribution in [0.3, 0.4) is 0 Å². The molecule has 0 aliphatic carbocycles. The molecule has 27 heavy (non-hydrogen) atoms. The van der Waals surface area contributed by atoms with E-state index in [9.17, 15) is 9.59 Å². The second-order valence-electron chi connectivity index (χ2n) is 5.89. The smallest absolute Gasteiger partial charge is 0.230 e. The maximum absolute atomic E-state index is 12.1. The van der Waals surface area contributed by atoms with Crippen molar-refractivity contribution in [3.63, 3.8) is 0 Å². The molecule has 0 fully saturated rings. The van der Waals surface area contributed by atoms with Crippen LogP contribution in [0.1, 0.15) is 35.3 Å². The van der Waals surface area contributed by atoms with Crippen molar-refractivity contribution in [1.29, 1.82) is 0 Å². The third-order valence-electron chi connectivity index (χ3n) is 3.93. The quantitative estimate of drug-likeness (QED) is 0.628. The van der Waals surface area contributed by atoms with E-state index in [1.807, 2.05) is 43.3 Å². The molecule has 0 aliphatic rings. The van der Waals surface area contributed by atoms with Gasteiger partial charge in [0.2, 0.25) is 5.91 Å². The van der Waals surface area contributed by atoms with Crippen LogP contribution in [0.15, 0.2) is 42.5 Å². The largest absolute Gasteiger partial charge is 0.496 e. The topological polar surface area (TPSA) is 64.6 Å². The van der Waals surface area contributed by atoms with Crippen molar-refractivity contribution in [2.75, 3.05) is 19.5 Å². The number of methoxy groups -OCH3 is 1. The Balaban J connectivity index is 1.88. The van der Waals surface area contributed by atoms with Crippen LogP contribution < -0.4 is 14.8 Å². The van der Waals surface area contributed by atoms with Crippen LogP contribution in [0.5, 0.6) is 11.5 Å². The molecule has 2 rings (SSSR count). The number of nitrogens with one attached hydrogen (secondary N) is 1. The van der Waals surface area contributed by atoms with Crippen molar-refractivity contribution in [2.24, 2.45) is 0 Å². The fourth-order valence-electron chi connectivity index (χ4n) is 2.56. The highest BCUT2D eigenvalue weighted by Gasteiger charge is 2.10. The number of Topliss-reactive ketones (excluding diaryl/α,β-unsaturated/α-hetero) is 1. The summed E-state index contributed by atoms with van der Waals surface area (Å²) in [6.07, 6.45) is 0. The van der Waals surface area contributed by atoms with Gasteiger partial charge in [-0.15, -0.1) is 11.8 Å². The first kappa shape index (κ1) is 20.8. The van der Waals surface area contributed by atoms with Crippen LogP contribution in [0, 0.1) is 0 Å². The van der Waals surface area contributed by atoms with Gasteiger partial charge in [-0.25, -0.2) is 0 Å². The molecule has 0 saturated carbocycles. The molecule has 0 heterocycles. The zero-order chi connectivity index (χ0) is 19.6. The number of benzene rings is 2. The van der Waals surface area contributed by atoms with E-state index in [0.717, 1.165) is 22.6 Å². The van der Waals surface area contributed by atoms with Crippen molar-refractivity contribution in [1.82, 2.24) is 5.32 Å². The summed E-state index contributed by atoms with van der Waals surface area (Å²) >= 11 is 1.49. The number of carbonyl (C=O) groups is 2. The van der Waals surface area contributed by atoms with Crippen LogP contribution >= 0.6 is 11.8 Å². The number of thioether (sulfide) groups is 1. The van der Waals surface area contributed by atoms with Crippen LogP contribution in [0.25, 0.3) is 0 Å². The third-order valence-corrected chi connectivity index (χ3v) is 4.91. The molecule has 0 spiro atoms. The molecule has 0 unspecified atom stereocenters. The van der Waals surface area contributed by atoms with E-state index >= 15 is 0 Å². The van der Waals surface area contributed by atoms with Crippen LogP contribution in [0.4, 0.5) is 0 Å². The average Bonchev–Trinajstić information content (AvgIpc) is 2.67. The first-order valence-electron chi connectivity index (χ1n) is 8.78. The monoisotopic (exact) mass is 387 g/mol. The molecule has 0 saturated heterocycles. The standard InChI is InChI=1S/C21H25NO4S/c1-4-26-20-10-9-16(15(2)23)11-18(20)13-27-14-21(24)22-12-17-7-5-6-8-19(17)25-3/h5-11H,4,12-14H2,1-3H3,(H,22,24). The minimum absolute atomic E-state index is 0.0128. The van der Waals surface area contributed by atoms with Gasteiger partial charge in [0.1, 0.15) is 11.5 Å². The summed E-state index contributed by atoms with van der Waals surface area (Å²) in [4.78, 5) is 23.7. The molecule has 1 N–H and O–H groups in total. The zero-order valence-electron chi connectivity index (χ0n) is 15.9. The summed E-state index contributed by atoms with van der Waals surface area (Å²) in [5.74, 6) is 2.39. The number of rotatable bonds is 10. The van der Waals surface area contributed by atoms with Gasteiger partial charge in [0.05, 0.1) is 19.5 Å². The maximum atomic E-state index is 12.1. The van der Waals surface area contributed by atoms with Crippen molar-refractivity contribution >= 4 is 23.5 Å². The summed E-state index contributed by atoms with van der Waals surface area (Å²) in [6, 6.07) is 13.0. The summed E-state index contributed by atoms with van der Waals surface area (Å²) < 4.78 is 10.9. The van der Waals surface area contributed by atoms with Crippen molar-refractivity contribution in [2.45, 2.75) is 26.1 Å². The van der Waals surface area contributed by atoms with Gasteiger partial charge in [0.25, 0.3) is 0 Å². The van der Waals surface area contributed by atoms with Crippen molar-refractivity contribution in [3.05, 3.63) is 59.2 Å². The summed E-state index contributed by atoms with van der Waals surface area (Å²) in [5, 5.41) is 2.90. The van der Waals surface area contributed by atoms with E-state index < -0.39 is 0 Å². The number of ketones is 1. The Morgan fingerprint density at radius 3 is 2.56 bits per heavy atom. The second kappa shape index (κ2) is 10.6. The highest BCUT2D eigenvalue weighted by atomic mass is 32.2. The molecule has 144 valence electrons. The fraction of sp³-hybridized carbons (Fsp3) is 0.333. The molecule has 0 aromatic heterocycles.